The average Bonchev–Trinajstić information content (AvgIpc) is 2.70. The predicted molar refractivity (Wildman–Crippen MR) is 112 cm³/mol. The van der Waals surface area contributed by atoms with Crippen LogP contribution >= 0.6 is 15.9 Å². The minimum atomic E-state index is -0.199. The predicted octanol–water partition coefficient (Wildman–Crippen LogP) is 5.37. The van der Waals surface area contributed by atoms with Crippen LogP contribution in [0.15, 0.2) is 83.3 Å². The lowest BCUT2D eigenvalue weighted by molar-refractivity contribution is 0.0987. The molecule has 2 amide bonds. The van der Waals surface area contributed by atoms with Gasteiger partial charge in [0.1, 0.15) is 0 Å². The van der Waals surface area contributed by atoms with Gasteiger partial charge in [-0.3, -0.25) is 9.59 Å². The molecular weight excluding hydrogens is 404 g/mol. The highest BCUT2D eigenvalue weighted by atomic mass is 79.9. The summed E-state index contributed by atoms with van der Waals surface area (Å²) in [6.07, 6.45) is 0. The van der Waals surface area contributed by atoms with Crippen molar-refractivity contribution in [2.45, 2.75) is 6.92 Å². The Labute approximate surface area is 167 Å². The zero-order valence-corrected chi connectivity index (χ0v) is 16.4. The van der Waals surface area contributed by atoms with E-state index >= 15 is 0 Å². The standard InChI is InChI=1S/C22H19BrN2O2/c1-2-25(20-9-4-3-5-10-20)22(27)16-11-13-19(14-12-16)24-21(26)17-7-6-8-18(23)15-17/h3-15H,2H2,1H3,(H,24,26). The van der Waals surface area contributed by atoms with Crippen LogP contribution < -0.4 is 10.2 Å². The molecule has 3 rings (SSSR count). The highest BCUT2D eigenvalue weighted by molar-refractivity contribution is 9.10. The van der Waals surface area contributed by atoms with Crippen LogP contribution in [0.5, 0.6) is 0 Å². The fourth-order valence-electron chi connectivity index (χ4n) is 2.74. The molecule has 0 spiro atoms. The molecule has 0 aliphatic rings. The van der Waals surface area contributed by atoms with Gasteiger partial charge in [-0.1, -0.05) is 40.2 Å². The van der Waals surface area contributed by atoms with Gasteiger partial charge in [0, 0.05) is 33.5 Å². The number of benzene rings is 3. The van der Waals surface area contributed by atoms with E-state index in [4.69, 9.17) is 0 Å². The summed E-state index contributed by atoms with van der Waals surface area (Å²) in [4.78, 5) is 26.8. The maximum Gasteiger partial charge on any atom is 0.258 e. The Morgan fingerprint density at radius 3 is 2.22 bits per heavy atom. The minimum absolute atomic E-state index is 0.0754. The Balaban J connectivity index is 1.73. The fourth-order valence-corrected chi connectivity index (χ4v) is 3.14. The molecule has 136 valence electrons. The molecule has 0 unspecified atom stereocenters. The Morgan fingerprint density at radius 2 is 1.59 bits per heavy atom. The molecule has 0 bridgehead atoms. The van der Waals surface area contributed by atoms with E-state index in [9.17, 15) is 9.59 Å². The minimum Gasteiger partial charge on any atom is -0.322 e. The second-order valence-corrected chi connectivity index (χ2v) is 6.84. The summed E-state index contributed by atoms with van der Waals surface area (Å²) in [6.45, 7) is 2.52. The van der Waals surface area contributed by atoms with Crippen molar-refractivity contribution in [3.8, 4) is 0 Å². The van der Waals surface area contributed by atoms with Crippen LogP contribution in [0.2, 0.25) is 0 Å². The van der Waals surface area contributed by atoms with E-state index < -0.39 is 0 Å². The first-order valence-corrected chi connectivity index (χ1v) is 9.41. The van der Waals surface area contributed by atoms with Crippen LogP contribution in [0.3, 0.4) is 0 Å². The number of nitrogens with zero attached hydrogens (tertiary/aromatic N) is 1. The van der Waals surface area contributed by atoms with Crippen molar-refractivity contribution < 1.29 is 9.59 Å². The quantitative estimate of drug-likeness (QED) is 0.600. The second-order valence-electron chi connectivity index (χ2n) is 5.93. The van der Waals surface area contributed by atoms with Crippen LogP contribution in [0.4, 0.5) is 11.4 Å². The molecule has 27 heavy (non-hydrogen) atoms. The van der Waals surface area contributed by atoms with Gasteiger partial charge in [-0.15, -0.1) is 0 Å². The van der Waals surface area contributed by atoms with Crippen molar-refractivity contribution in [3.05, 3.63) is 94.5 Å². The molecule has 0 saturated carbocycles. The molecule has 3 aromatic carbocycles. The van der Waals surface area contributed by atoms with Gasteiger partial charge in [-0.05, 0) is 61.5 Å². The Bertz CT molecular complexity index is 940. The van der Waals surface area contributed by atoms with Gasteiger partial charge < -0.3 is 10.2 Å². The molecule has 0 radical (unpaired) electrons. The van der Waals surface area contributed by atoms with Crippen molar-refractivity contribution >= 4 is 39.1 Å². The lowest BCUT2D eigenvalue weighted by Gasteiger charge is -2.21. The number of amides is 2. The molecule has 0 heterocycles. The molecule has 0 saturated heterocycles. The van der Waals surface area contributed by atoms with Crippen LogP contribution in [0.1, 0.15) is 27.6 Å². The molecular formula is C22H19BrN2O2. The highest BCUT2D eigenvalue weighted by Crippen LogP contribution is 2.19. The fraction of sp³-hybridized carbons (Fsp3) is 0.0909. The van der Waals surface area contributed by atoms with Gasteiger partial charge in [-0.25, -0.2) is 0 Å². The molecule has 4 nitrogen and oxygen atoms in total. The van der Waals surface area contributed by atoms with E-state index in [2.05, 4.69) is 21.2 Å². The number of nitrogens with one attached hydrogen (secondary N) is 1. The highest BCUT2D eigenvalue weighted by Gasteiger charge is 2.16. The van der Waals surface area contributed by atoms with E-state index in [1.165, 1.54) is 0 Å². The largest absolute Gasteiger partial charge is 0.322 e. The summed E-state index contributed by atoms with van der Waals surface area (Å²) in [6, 6.07) is 23.7. The van der Waals surface area contributed by atoms with Crippen molar-refractivity contribution in [2.75, 3.05) is 16.8 Å². The normalized spacial score (nSPS) is 10.3. The summed E-state index contributed by atoms with van der Waals surface area (Å²) in [7, 11) is 0. The van der Waals surface area contributed by atoms with Crippen LogP contribution in [0.25, 0.3) is 0 Å². The third-order valence-corrected chi connectivity index (χ3v) is 4.60. The van der Waals surface area contributed by atoms with Gasteiger partial charge in [0.25, 0.3) is 11.8 Å². The molecule has 0 aliphatic carbocycles. The molecule has 1 N–H and O–H groups in total. The summed E-state index contributed by atoms with van der Waals surface area (Å²) < 4.78 is 0.844. The van der Waals surface area contributed by atoms with Gasteiger partial charge in [0.15, 0.2) is 0 Å². The lowest BCUT2D eigenvalue weighted by atomic mass is 10.1. The van der Waals surface area contributed by atoms with Gasteiger partial charge >= 0.3 is 0 Å². The summed E-state index contributed by atoms with van der Waals surface area (Å²) >= 11 is 3.36. The lowest BCUT2D eigenvalue weighted by Crippen LogP contribution is -2.30. The van der Waals surface area contributed by atoms with E-state index in [0.29, 0.717) is 23.4 Å². The molecule has 0 fully saturated rings. The topological polar surface area (TPSA) is 49.4 Å². The smallest absolute Gasteiger partial charge is 0.258 e. The van der Waals surface area contributed by atoms with Crippen LogP contribution in [-0.4, -0.2) is 18.4 Å². The van der Waals surface area contributed by atoms with Crippen molar-refractivity contribution in [1.82, 2.24) is 0 Å². The second kappa shape index (κ2) is 8.64. The SMILES string of the molecule is CCN(C(=O)c1ccc(NC(=O)c2cccc(Br)c2)cc1)c1ccccc1. The first-order valence-electron chi connectivity index (χ1n) is 8.62. The zero-order chi connectivity index (χ0) is 19.2. The van der Waals surface area contributed by atoms with E-state index in [1.54, 1.807) is 41.3 Å². The third-order valence-electron chi connectivity index (χ3n) is 4.11. The molecule has 0 aliphatic heterocycles. The zero-order valence-electron chi connectivity index (χ0n) is 14.9. The van der Waals surface area contributed by atoms with Crippen LogP contribution in [-0.2, 0) is 0 Å². The number of carbonyl (C=O) groups is 2. The van der Waals surface area contributed by atoms with Crippen molar-refractivity contribution in [3.63, 3.8) is 0 Å². The number of halogens is 1. The average molecular weight is 423 g/mol. The van der Waals surface area contributed by atoms with Gasteiger partial charge in [0.2, 0.25) is 0 Å². The number of anilines is 2. The number of para-hydroxylation sites is 1. The first kappa shape index (κ1) is 18.9. The molecule has 5 heteroatoms. The third kappa shape index (κ3) is 4.63. The van der Waals surface area contributed by atoms with Gasteiger partial charge in [-0.2, -0.15) is 0 Å². The van der Waals surface area contributed by atoms with E-state index in [-0.39, 0.29) is 11.8 Å². The van der Waals surface area contributed by atoms with Crippen molar-refractivity contribution in [2.24, 2.45) is 0 Å². The van der Waals surface area contributed by atoms with E-state index in [1.807, 2.05) is 49.4 Å². The number of rotatable bonds is 5. The van der Waals surface area contributed by atoms with E-state index in [0.717, 1.165) is 10.2 Å². The van der Waals surface area contributed by atoms with Gasteiger partial charge in [0.05, 0.1) is 0 Å². The Hall–Kier alpha value is -2.92. The first-order chi connectivity index (χ1) is 13.1. The number of hydrogen-bond donors (Lipinski definition) is 1. The summed E-state index contributed by atoms with van der Waals surface area (Å²) in [5.74, 6) is -0.275. The Kier molecular flexibility index (Phi) is 6.04. The monoisotopic (exact) mass is 422 g/mol. The molecule has 0 atom stereocenters. The summed E-state index contributed by atoms with van der Waals surface area (Å²) in [5, 5.41) is 2.84. The van der Waals surface area contributed by atoms with Crippen molar-refractivity contribution in [1.29, 1.82) is 0 Å². The summed E-state index contributed by atoms with van der Waals surface area (Å²) in [5.41, 5.74) is 2.63. The molecule has 0 aromatic heterocycles. The van der Waals surface area contributed by atoms with Crippen LogP contribution in [0, 0.1) is 0 Å². The molecule has 3 aromatic rings. The number of carbonyl (C=O) groups excluding carboxylic acids is 2. The number of hydrogen-bond acceptors (Lipinski definition) is 2. The maximum absolute atomic E-state index is 12.8. The maximum atomic E-state index is 12.8. The Morgan fingerprint density at radius 1 is 0.889 bits per heavy atom.